The van der Waals surface area contributed by atoms with Gasteiger partial charge < -0.3 is 14.8 Å². The molecule has 1 fully saturated rings. The number of carbonyl (C=O) groups excluding carboxylic acids is 3. The Morgan fingerprint density at radius 1 is 1.28 bits per heavy atom. The predicted molar refractivity (Wildman–Crippen MR) is 121 cm³/mol. The fraction of sp³-hybridized carbons (Fsp3) is 0.136. The van der Waals surface area contributed by atoms with Gasteiger partial charge in [0, 0.05) is 12.2 Å². The van der Waals surface area contributed by atoms with E-state index in [-0.39, 0.29) is 39.8 Å². The summed E-state index contributed by atoms with van der Waals surface area (Å²) in [6.45, 7) is 3.29. The van der Waals surface area contributed by atoms with Crippen molar-refractivity contribution < 1.29 is 28.2 Å². The minimum atomic E-state index is -0.477. The summed E-state index contributed by atoms with van der Waals surface area (Å²) >= 11 is 7.13. The first kappa shape index (κ1) is 23.4. The standard InChI is InChI=1S/C22H18ClFN2O5S/c1-3-8-26-21(28)18(32-22(26)29)11-13-9-16(23)20(17(10-13)30-2)31-12-19(27)25-15-6-4-14(24)5-7-15/h3-7,9-11H,1,8,12H2,2H3,(H,25,27)/b18-11+. The van der Waals surface area contributed by atoms with E-state index in [0.717, 1.165) is 16.7 Å². The number of imide groups is 1. The fourth-order valence-electron chi connectivity index (χ4n) is 2.77. The average molecular weight is 477 g/mol. The first-order valence-corrected chi connectivity index (χ1v) is 10.4. The molecule has 1 N–H and O–H groups in total. The topological polar surface area (TPSA) is 84.9 Å². The van der Waals surface area contributed by atoms with Crippen molar-refractivity contribution in [3.05, 3.63) is 70.4 Å². The average Bonchev–Trinajstić information content (AvgIpc) is 3.02. The van der Waals surface area contributed by atoms with Crippen molar-refractivity contribution in [1.29, 1.82) is 0 Å². The number of rotatable bonds is 8. The minimum absolute atomic E-state index is 0.124. The molecular weight excluding hydrogens is 459 g/mol. The molecule has 3 rings (SSSR count). The molecule has 1 aliphatic heterocycles. The van der Waals surface area contributed by atoms with Gasteiger partial charge in [-0.1, -0.05) is 17.7 Å². The van der Waals surface area contributed by atoms with E-state index in [2.05, 4.69) is 11.9 Å². The monoisotopic (exact) mass is 476 g/mol. The maximum atomic E-state index is 13.0. The van der Waals surface area contributed by atoms with Crippen LogP contribution in [0.25, 0.3) is 6.08 Å². The Hall–Kier alpha value is -3.30. The summed E-state index contributed by atoms with van der Waals surface area (Å²) in [4.78, 5) is 37.8. The number of thioether (sulfide) groups is 1. The van der Waals surface area contributed by atoms with Crippen LogP contribution in [0.2, 0.25) is 5.02 Å². The Morgan fingerprint density at radius 2 is 2.00 bits per heavy atom. The number of carbonyl (C=O) groups is 3. The second kappa shape index (κ2) is 10.3. The summed E-state index contributed by atoms with van der Waals surface area (Å²) in [5.41, 5.74) is 0.929. The molecule has 32 heavy (non-hydrogen) atoms. The molecule has 0 atom stereocenters. The Kier molecular flexibility index (Phi) is 7.55. The fourth-order valence-corrected chi connectivity index (χ4v) is 3.89. The smallest absolute Gasteiger partial charge is 0.293 e. The lowest BCUT2D eigenvalue weighted by atomic mass is 10.1. The van der Waals surface area contributed by atoms with Crippen LogP contribution in [-0.4, -0.2) is 42.2 Å². The number of halogens is 2. The van der Waals surface area contributed by atoms with Gasteiger partial charge in [-0.15, -0.1) is 6.58 Å². The molecule has 1 heterocycles. The lowest BCUT2D eigenvalue weighted by Gasteiger charge is -2.13. The van der Waals surface area contributed by atoms with Crippen molar-refractivity contribution in [3.8, 4) is 11.5 Å². The second-order valence-corrected chi connectivity index (χ2v) is 7.86. The van der Waals surface area contributed by atoms with Crippen molar-refractivity contribution in [2.45, 2.75) is 0 Å². The Morgan fingerprint density at radius 3 is 2.66 bits per heavy atom. The molecule has 10 heteroatoms. The molecule has 3 amide bonds. The number of nitrogens with one attached hydrogen (secondary N) is 1. The Bertz CT molecular complexity index is 1100. The molecule has 1 aliphatic rings. The van der Waals surface area contributed by atoms with Crippen LogP contribution in [-0.2, 0) is 9.59 Å². The number of ether oxygens (including phenoxy) is 2. The van der Waals surface area contributed by atoms with Crippen LogP contribution in [0.15, 0.2) is 54.0 Å². The molecule has 2 aromatic rings. The Balaban J connectivity index is 1.73. The van der Waals surface area contributed by atoms with Crippen LogP contribution in [0.1, 0.15) is 5.56 Å². The number of methoxy groups -OCH3 is 1. The van der Waals surface area contributed by atoms with Gasteiger partial charge in [-0.2, -0.15) is 0 Å². The largest absolute Gasteiger partial charge is 0.493 e. The van der Waals surface area contributed by atoms with Gasteiger partial charge in [0.05, 0.1) is 17.0 Å². The number of anilines is 1. The molecule has 0 bridgehead atoms. The number of hydrogen-bond donors (Lipinski definition) is 1. The molecule has 166 valence electrons. The predicted octanol–water partition coefficient (Wildman–Crippen LogP) is 4.73. The first-order valence-electron chi connectivity index (χ1n) is 9.24. The van der Waals surface area contributed by atoms with E-state index < -0.39 is 17.6 Å². The van der Waals surface area contributed by atoms with Crippen molar-refractivity contribution in [1.82, 2.24) is 4.90 Å². The van der Waals surface area contributed by atoms with Gasteiger partial charge in [0.15, 0.2) is 18.1 Å². The molecule has 7 nitrogen and oxygen atoms in total. The molecule has 0 radical (unpaired) electrons. The summed E-state index contributed by atoms with van der Waals surface area (Å²) in [7, 11) is 1.40. The third-order valence-electron chi connectivity index (χ3n) is 4.21. The van der Waals surface area contributed by atoms with Gasteiger partial charge in [0.25, 0.3) is 17.1 Å². The van der Waals surface area contributed by atoms with Crippen molar-refractivity contribution in [3.63, 3.8) is 0 Å². The van der Waals surface area contributed by atoms with Crippen molar-refractivity contribution in [2.75, 3.05) is 25.6 Å². The van der Waals surface area contributed by atoms with Crippen LogP contribution in [0.3, 0.4) is 0 Å². The normalized spacial score (nSPS) is 14.6. The van der Waals surface area contributed by atoms with E-state index in [4.69, 9.17) is 21.1 Å². The zero-order chi connectivity index (χ0) is 23.3. The third kappa shape index (κ3) is 5.49. The number of amides is 3. The van der Waals surface area contributed by atoms with E-state index in [1.54, 1.807) is 6.07 Å². The number of hydrogen-bond acceptors (Lipinski definition) is 6. The highest BCUT2D eigenvalue weighted by Gasteiger charge is 2.34. The van der Waals surface area contributed by atoms with Crippen LogP contribution in [0.4, 0.5) is 14.9 Å². The van der Waals surface area contributed by atoms with Crippen molar-refractivity contribution in [2.24, 2.45) is 0 Å². The van der Waals surface area contributed by atoms with Gasteiger partial charge in [-0.3, -0.25) is 19.3 Å². The Labute approximate surface area is 192 Å². The molecule has 1 saturated heterocycles. The lowest BCUT2D eigenvalue weighted by Crippen LogP contribution is -2.27. The van der Waals surface area contributed by atoms with Crippen LogP contribution < -0.4 is 14.8 Å². The summed E-state index contributed by atoms with van der Waals surface area (Å²) in [6, 6.07) is 8.39. The quantitative estimate of drug-likeness (QED) is 0.438. The molecule has 0 saturated carbocycles. The first-order chi connectivity index (χ1) is 15.3. The van der Waals surface area contributed by atoms with E-state index in [1.165, 1.54) is 49.6 Å². The maximum Gasteiger partial charge on any atom is 0.293 e. The zero-order valence-electron chi connectivity index (χ0n) is 16.9. The molecule has 0 unspecified atom stereocenters. The maximum absolute atomic E-state index is 13.0. The van der Waals surface area contributed by atoms with Gasteiger partial charge in [0.2, 0.25) is 0 Å². The summed E-state index contributed by atoms with van der Waals surface area (Å²) in [5.74, 6) is -0.937. The molecule has 0 spiro atoms. The van der Waals surface area contributed by atoms with E-state index in [0.29, 0.717) is 11.3 Å². The van der Waals surface area contributed by atoms with Crippen LogP contribution in [0.5, 0.6) is 11.5 Å². The number of benzene rings is 2. The van der Waals surface area contributed by atoms with Gasteiger partial charge in [-0.25, -0.2) is 4.39 Å². The third-order valence-corrected chi connectivity index (χ3v) is 5.40. The van der Waals surface area contributed by atoms with E-state index in [1.807, 2.05) is 0 Å². The second-order valence-electron chi connectivity index (χ2n) is 6.46. The highest BCUT2D eigenvalue weighted by molar-refractivity contribution is 8.18. The van der Waals surface area contributed by atoms with E-state index in [9.17, 15) is 18.8 Å². The highest BCUT2D eigenvalue weighted by atomic mass is 35.5. The molecule has 0 aliphatic carbocycles. The summed E-state index contributed by atoms with van der Waals surface area (Å²) < 4.78 is 23.8. The number of nitrogens with zero attached hydrogens (tertiary/aromatic N) is 1. The molecule has 2 aromatic carbocycles. The van der Waals surface area contributed by atoms with Crippen LogP contribution in [0, 0.1) is 5.82 Å². The molecule has 0 aromatic heterocycles. The van der Waals surface area contributed by atoms with Gasteiger partial charge >= 0.3 is 0 Å². The lowest BCUT2D eigenvalue weighted by molar-refractivity contribution is -0.122. The molecular formula is C22H18ClFN2O5S. The van der Waals surface area contributed by atoms with Crippen molar-refractivity contribution >= 4 is 52.2 Å². The van der Waals surface area contributed by atoms with Crippen LogP contribution >= 0.6 is 23.4 Å². The summed E-state index contributed by atoms with van der Waals surface area (Å²) in [5, 5.41) is 2.34. The minimum Gasteiger partial charge on any atom is -0.493 e. The van der Waals surface area contributed by atoms with Gasteiger partial charge in [-0.05, 0) is 59.8 Å². The van der Waals surface area contributed by atoms with E-state index >= 15 is 0 Å². The zero-order valence-corrected chi connectivity index (χ0v) is 18.5. The van der Waals surface area contributed by atoms with Gasteiger partial charge in [0.1, 0.15) is 5.82 Å². The highest BCUT2D eigenvalue weighted by Crippen LogP contribution is 2.39. The summed E-state index contributed by atoms with van der Waals surface area (Å²) in [6.07, 6.45) is 2.99. The SMILES string of the molecule is C=CCN1C(=O)S/C(=C/c2cc(Cl)c(OCC(=O)Nc3ccc(F)cc3)c(OC)c2)C1=O.